The normalized spacial score (nSPS) is 17.8. The smallest absolute Gasteiger partial charge is 0.277 e. The number of aromatic nitrogens is 1. The van der Waals surface area contributed by atoms with Crippen LogP contribution in [-0.4, -0.2) is 35.3 Å². The fourth-order valence-corrected chi connectivity index (χ4v) is 5.31. The van der Waals surface area contributed by atoms with Crippen LogP contribution in [0.15, 0.2) is 114 Å². The predicted molar refractivity (Wildman–Crippen MR) is 154 cm³/mol. The van der Waals surface area contributed by atoms with Crippen molar-refractivity contribution in [1.29, 1.82) is 0 Å². The Morgan fingerprint density at radius 2 is 1.55 bits per heavy atom. The average molecular weight is 534 g/mol. The molecule has 0 saturated heterocycles. The van der Waals surface area contributed by atoms with E-state index in [0.717, 1.165) is 28.9 Å². The molecule has 3 aromatic carbocycles. The Labute approximate surface area is 233 Å². The van der Waals surface area contributed by atoms with Crippen molar-refractivity contribution < 1.29 is 14.3 Å². The molecule has 6 rings (SSSR count). The number of rotatable bonds is 4. The molecule has 2 bridgehead atoms. The highest BCUT2D eigenvalue weighted by atomic mass is 16.5. The lowest BCUT2D eigenvalue weighted by Gasteiger charge is -2.44. The summed E-state index contributed by atoms with van der Waals surface area (Å²) < 4.78 is 14.2. The van der Waals surface area contributed by atoms with E-state index in [4.69, 9.17) is 9.47 Å². The van der Waals surface area contributed by atoms with Gasteiger partial charge in [0.2, 0.25) is 5.43 Å². The number of hydrogen-bond donors (Lipinski definition) is 0. The van der Waals surface area contributed by atoms with Crippen molar-refractivity contribution in [2.45, 2.75) is 25.5 Å². The Morgan fingerprint density at radius 3 is 2.38 bits per heavy atom. The molecule has 0 saturated carbocycles. The fourth-order valence-electron chi connectivity index (χ4n) is 5.31. The van der Waals surface area contributed by atoms with Crippen molar-refractivity contribution in [2.24, 2.45) is 0 Å². The minimum atomic E-state index is -0.324. The maximum Gasteiger partial charge on any atom is 0.277 e. The molecule has 3 heterocycles. The molecule has 1 atom stereocenters. The fraction of sp³-hybridized carbons (Fsp3) is 0.212. The first-order valence-corrected chi connectivity index (χ1v) is 13.6. The number of para-hydroxylation sites is 1. The number of pyridine rings is 1. The first kappa shape index (κ1) is 25.5. The number of fused-ring (bicyclic) bond motifs is 5. The zero-order valence-corrected chi connectivity index (χ0v) is 22.2. The van der Waals surface area contributed by atoms with Gasteiger partial charge >= 0.3 is 0 Å². The van der Waals surface area contributed by atoms with Crippen LogP contribution in [-0.2, 0) is 6.61 Å². The van der Waals surface area contributed by atoms with Gasteiger partial charge in [0, 0.05) is 24.4 Å². The molecule has 7 heteroatoms. The lowest BCUT2D eigenvalue weighted by atomic mass is 9.97. The van der Waals surface area contributed by atoms with Gasteiger partial charge in [-0.2, -0.15) is 0 Å². The molecule has 0 aliphatic carbocycles. The summed E-state index contributed by atoms with van der Waals surface area (Å²) in [4.78, 5) is 29.0. The molecule has 7 nitrogen and oxygen atoms in total. The van der Waals surface area contributed by atoms with E-state index in [9.17, 15) is 9.59 Å². The molecule has 1 aromatic heterocycles. The number of ether oxygens (including phenoxy) is 2. The van der Waals surface area contributed by atoms with Crippen LogP contribution in [0.2, 0.25) is 0 Å². The third-order valence-corrected chi connectivity index (χ3v) is 7.24. The summed E-state index contributed by atoms with van der Waals surface area (Å²) in [5, 5.41) is 2.12. The molecule has 2 aliphatic heterocycles. The van der Waals surface area contributed by atoms with Gasteiger partial charge in [0.25, 0.3) is 5.91 Å². The van der Waals surface area contributed by atoms with Crippen molar-refractivity contribution in [3.8, 4) is 11.5 Å². The Balaban J connectivity index is 1.53. The van der Waals surface area contributed by atoms with E-state index in [-0.39, 0.29) is 35.4 Å². The topological polar surface area (TPSA) is 64.0 Å². The summed E-state index contributed by atoms with van der Waals surface area (Å²) >= 11 is 0. The van der Waals surface area contributed by atoms with Crippen LogP contribution in [0.5, 0.6) is 11.5 Å². The largest absolute Gasteiger partial charge is 0.493 e. The van der Waals surface area contributed by atoms with Crippen molar-refractivity contribution in [2.75, 3.05) is 24.8 Å². The summed E-state index contributed by atoms with van der Waals surface area (Å²) in [6.07, 6.45) is 7.32. The summed E-state index contributed by atoms with van der Waals surface area (Å²) in [6.45, 7) is 1.58. The van der Waals surface area contributed by atoms with Crippen molar-refractivity contribution in [1.82, 2.24) is 9.58 Å². The summed E-state index contributed by atoms with van der Waals surface area (Å²) in [7, 11) is 0. The van der Waals surface area contributed by atoms with Gasteiger partial charge in [0.05, 0.1) is 6.61 Å². The molecule has 202 valence electrons. The second kappa shape index (κ2) is 11.5. The molecule has 0 spiro atoms. The molecule has 2 aliphatic rings. The Hall–Kier alpha value is -4.78. The highest BCUT2D eigenvalue weighted by Crippen LogP contribution is 2.37. The van der Waals surface area contributed by atoms with Crippen LogP contribution < -0.4 is 19.9 Å². The summed E-state index contributed by atoms with van der Waals surface area (Å²) in [5.41, 5.74) is 2.83. The number of hydrogen-bond acceptors (Lipinski definition) is 5. The molecule has 0 radical (unpaired) electrons. The minimum Gasteiger partial charge on any atom is -0.493 e. The van der Waals surface area contributed by atoms with Crippen LogP contribution in [0, 0.1) is 0 Å². The molecule has 40 heavy (non-hydrogen) atoms. The first-order chi connectivity index (χ1) is 19.7. The summed E-state index contributed by atoms with van der Waals surface area (Å²) in [5.74, 6) is 0.620. The minimum absolute atomic E-state index is 0.0576. The van der Waals surface area contributed by atoms with Crippen LogP contribution in [0.4, 0.5) is 0 Å². The van der Waals surface area contributed by atoms with Crippen molar-refractivity contribution >= 4 is 5.91 Å². The molecular formula is C33H31N3O4. The highest BCUT2D eigenvalue weighted by molar-refractivity contribution is 5.96. The zero-order valence-electron chi connectivity index (χ0n) is 22.2. The van der Waals surface area contributed by atoms with Gasteiger partial charge in [0.15, 0.2) is 11.4 Å². The van der Waals surface area contributed by atoms with Gasteiger partial charge in [0.1, 0.15) is 25.1 Å². The van der Waals surface area contributed by atoms with Gasteiger partial charge in [-0.15, -0.1) is 0 Å². The van der Waals surface area contributed by atoms with E-state index >= 15 is 0 Å². The maximum atomic E-state index is 14.0. The van der Waals surface area contributed by atoms with Gasteiger partial charge in [-0.25, -0.2) is 0 Å². The van der Waals surface area contributed by atoms with E-state index in [2.05, 4.69) is 35.4 Å². The molecule has 0 N–H and O–H groups in total. The first-order valence-electron chi connectivity index (χ1n) is 13.6. The van der Waals surface area contributed by atoms with E-state index < -0.39 is 0 Å². The van der Waals surface area contributed by atoms with Gasteiger partial charge in [-0.3, -0.25) is 19.3 Å². The number of nitrogens with zero attached hydrogens (tertiary/aromatic N) is 3. The van der Waals surface area contributed by atoms with Crippen LogP contribution >= 0.6 is 0 Å². The summed E-state index contributed by atoms with van der Waals surface area (Å²) in [6, 6.07) is 29.0. The second-order valence-corrected chi connectivity index (χ2v) is 9.87. The van der Waals surface area contributed by atoms with E-state index in [0.29, 0.717) is 26.2 Å². The van der Waals surface area contributed by atoms with Gasteiger partial charge < -0.3 is 14.4 Å². The predicted octanol–water partition coefficient (Wildman–Crippen LogP) is 5.30. The standard InChI is InChI=1S/C33H31N3O4/c37-28-19-21-35-31(32(28)40-23-25-13-5-3-6-14-25)33(38)34-20-11-1-2-12-22-39-29-18-10-9-17-27(29)30(36(35)24-34)26-15-7-4-8-16-26/h1-10,13-19,21,30H,11-12,20,22-24H2/b2-1-/t30-/m0/s1. The van der Waals surface area contributed by atoms with Gasteiger partial charge in [-0.1, -0.05) is 91.0 Å². The lowest BCUT2D eigenvalue weighted by molar-refractivity contribution is 0.0679. The van der Waals surface area contributed by atoms with E-state index in [1.165, 1.54) is 6.07 Å². The quantitative estimate of drug-likeness (QED) is 0.333. The molecule has 0 unspecified atom stereocenters. The Morgan fingerprint density at radius 1 is 0.825 bits per heavy atom. The van der Waals surface area contributed by atoms with Crippen LogP contribution in [0.1, 0.15) is 46.1 Å². The molecule has 0 fully saturated rings. The van der Waals surface area contributed by atoms with Crippen LogP contribution in [0.3, 0.4) is 0 Å². The molecular weight excluding hydrogens is 502 g/mol. The Kier molecular flexibility index (Phi) is 7.35. The van der Waals surface area contributed by atoms with E-state index in [1.807, 2.05) is 66.7 Å². The SMILES string of the molecule is O=C1c2c(OCc3ccccc3)c(=O)ccn2N2CN1CC/C=C\CCOc1ccccc1[C@@H]2c1ccccc1. The molecule has 1 amide bonds. The van der Waals surface area contributed by atoms with Crippen molar-refractivity contribution in [3.05, 3.63) is 142 Å². The third-order valence-electron chi connectivity index (χ3n) is 7.24. The number of benzene rings is 3. The molecule has 4 aromatic rings. The number of amides is 1. The average Bonchev–Trinajstić information content (AvgIpc) is 3.00. The van der Waals surface area contributed by atoms with E-state index in [1.54, 1.807) is 15.8 Å². The lowest BCUT2D eigenvalue weighted by Crippen LogP contribution is -2.55. The number of carbonyl (C=O) groups excluding carboxylic acids is 1. The monoisotopic (exact) mass is 533 g/mol. The van der Waals surface area contributed by atoms with Gasteiger partial charge in [-0.05, 0) is 30.0 Å². The second-order valence-electron chi connectivity index (χ2n) is 9.87. The van der Waals surface area contributed by atoms with Crippen LogP contribution in [0.25, 0.3) is 0 Å². The number of carbonyl (C=O) groups is 1. The Bertz CT molecular complexity index is 1570. The van der Waals surface area contributed by atoms with Crippen molar-refractivity contribution in [3.63, 3.8) is 0 Å². The maximum absolute atomic E-state index is 14.0. The highest BCUT2D eigenvalue weighted by Gasteiger charge is 2.37. The third kappa shape index (κ3) is 5.10. The zero-order chi connectivity index (χ0) is 27.3.